The fourth-order valence-electron chi connectivity index (χ4n) is 4.08. The number of hydrogen-bond acceptors (Lipinski definition) is 7. The molecule has 0 radical (unpaired) electrons. The van der Waals surface area contributed by atoms with Crippen LogP contribution in [0.2, 0.25) is 0 Å². The Morgan fingerprint density at radius 3 is 2.71 bits per heavy atom. The second-order valence-electron chi connectivity index (χ2n) is 7.93. The van der Waals surface area contributed by atoms with Crippen molar-refractivity contribution in [2.24, 2.45) is 0 Å². The maximum Gasteiger partial charge on any atom is 0.273 e. The number of nitro benzene ring substituents is 1. The number of carbonyl (C=O) groups is 1. The average molecular weight is 486 g/mol. The molecule has 0 saturated heterocycles. The molecule has 4 rings (SSSR count). The van der Waals surface area contributed by atoms with Crippen molar-refractivity contribution in [2.75, 3.05) is 18.2 Å². The van der Waals surface area contributed by atoms with Crippen molar-refractivity contribution in [3.63, 3.8) is 0 Å². The van der Waals surface area contributed by atoms with Gasteiger partial charge in [-0.2, -0.15) is 0 Å². The number of nitro groups is 1. The molecular weight excluding hydrogens is 461 g/mol. The Kier molecular flexibility index (Phi) is 7.41. The van der Waals surface area contributed by atoms with Crippen LogP contribution in [-0.4, -0.2) is 38.5 Å². The van der Waals surface area contributed by atoms with E-state index in [0.717, 1.165) is 32.1 Å². The van der Waals surface area contributed by atoms with Gasteiger partial charge in [0, 0.05) is 12.1 Å². The number of non-ortho nitro benzene ring substituents is 1. The summed E-state index contributed by atoms with van der Waals surface area (Å²) in [5, 5.41) is 22.8. The van der Waals surface area contributed by atoms with E-state index in [4.69, 9.17) is 4.74 Å². The van der Waals surface area contributed by atoms with E-state index in [1.54, 1.807) is 18.2 Å². The summed E-state index contributed by atoms with van der Waals surface area (Å²) in [5.74, 6) is -0.0126. The average Bonchev–Trinajstić information content (AvgIpc) is 3.27. The Labute approximate surface area is 199 Å². The summed E-state index contributed by atoms with van der Waals surface area (Å²) in [6, 6.07) is 10.6. The highest BCUT2D eigenvalue weighted by molar-refractivity contribution is 7.99. The maximum atomic E-state index is 14.5. The molecule has 1 aliphatic carbocycles. The quantitative estimate of drug-likeness (QED) is 0.264. The monoisotopic (exact) mass is 485 g/mol. The lowest BCUT2D eigenvalue weighted by atomic mass is 9.95. The molecule has 1 aromatic heterocycles. The van der Waals surface area contributed by atoms with Crippen LogP contribution in [0.3, 0.4) is 0 Å². The molecular formula is C23H24FN5O4S. The number of methoxy groups -OCH3 is 1. The van der Waals surface area contributed by atoms with Gasteiger partial charge in [-0.1, -0.05) is 43.2 Å². The van der Waals surface area contributed by atoms with Crippen molar-refractivity contribution in [2.45, 2.75) is 43.3 Å². The van der Waals surface area contributed by atoms with Gasteiger partial charge in [-0.3, -0.25) is 19.5 Å². The SMILES string of the molecule is COc1cc([N+](=O)[O-])ccc1NC(=O)CSc1nnc(-c2ccccc2F)n1C1CCCCC1. The van der Waals surface area contributed by atoms with Gasteiger partial charge in [0.15, 0.2) is 11.0 Å². The highest BCUT2D eigenvalue weighted by atomic mass is 32.2. The first-order chi connectivity index (χ1) is 16.5. The number of ether oxygens (including phenoxy) is 1. The van der Waals surface area contributed by atoms with Crippen LogP contribution in [0.1, 0.15) is 38.1 Å². The Balaban J connectivity index is 1.53. The van der Waals surface area contributed by atoms with Crippen LogP contribution < -0.4 is 10.1 Å². The third kappa shape index (κ3) is 5.19. The third-order valence-electron chi connectivity index (χ3n) is 5.72. The number of aromatic nitrogens is 3. The number of anilines is 1. The minimum Gasteiger partial charge on any atom is -0.494 e. The fraction of sp³-hybridized carbons (Fsp3) is 0.348. The number of benzene rings is 2. The number of carbonyl (C=O) groups excluding carboxylic acids is 1. The smallest absolute Gasteiger partial charge is 0.273 e. The molecule has 1 saturated carbocycles. The molecule has 1 amide bonds. The molecule has 9 nitrogen and oxygen atoms in total. The molecule has 178 valence electrons. The number of halogens is 1. The summed E-state index contributed by atoms with van der Waals surface area (Å²) in [4.78, 5) is 23.1. The number of hydrogen-bond donors (Lipinski definition) is 1. The molecule has 1 heterocycles. The molecule has 1 N–H and O–H groups in total. The second kappa shape index (κ2) is 10.6. The van der Waals surface area contributed by atoms with Gasteiger partial charge in [0.1, 0.15) is 11.6 Å². The first-order valence-corrected chi connectivity index (χ1v) is 11.9. The Morgan fingerprint density at radius 1 is 1.24 bits per heavy atom. The van der Waals surface area contributed by atoms with Crippen LogP contribution in [0, 0.1) is 15.9 Å². The highest BCUT2D eigenvalue weighted by Crippen LogP contribution is 2.36. The number of nitrogens with one attached hydrogen (secondary N) is 1. The van der Waals surface area contributed by atoms with E-state index in [2.05, 4.69) is 15.5 Å². The summed E-state index contributed by atoms with van der Waals surface area (Å²) < 4.78 is 21.7. The van der Waals surface area contributed by atoms with Crippen molar-refractivity contribution in [1.82, 2.24) is 14.8 Å². The Hall–Kier alpha value is -3.47. The summed E-state index contributed by atoms with van der Waals surface area (Å²) in [6.07, 6.45) is 5.20. The van der Waals surface area contributed by atoms with Crippen LogP contribution in [0.4, 0.5) is 15.8 Å². The minimum atomic E-state index is -0.533. The van der Waals surface area contributed by atoms with Crippen LogP contribution in [0.15, 0.2) is 47.6 Å². The van der Waals surface area contributed by atoms with Gasteiger partial charge in [-0.25, -0.2) is 4.39 Å². The van der Waals surface area contributed by atoms with Gasteiger partial charge in [-0.15, -0.1) is 10.2 Å². The molecule has 2 aromatic carbocycles. The fourth-order valence-corrected chi connectivity index (χ4v) is 4.89. The van der Waals surface area contributed by atoms with Gasteiger partial charge in [0.05, 0.1) is 35.1 Å². The standard InChI is InChI=1S/C23H24FN5O4S/c1-33-20-13-16(29(31)32)11-12-19(20)25-21(30)14-34-23-27-26-22(17-9-5-6-10-18(17)24)28(23)15-7-3-2-4-8-15/h5-6,9-13,15H,2-4,7-8,14H2,1H3,(H,25,30). The summed E-state index contributed by atoms with van der Waals surface area (Å²) in [7, 11) is 1.38. The Morgan fingerprint density at radius 2 is 2.00 bits per heavy atom. The molecule has 0 unspecified atom stereocenters. The Bertz CT molecular complexity index is 1200. The maximum absolute atomic E-state index is 14.5. The van der Waals surface area contributed by atoms with E-state index in [-0.39, 0.29) is 35.0 Å². The van der Waals surface area contributed by atoms with Crippen LogP contribution in [-0.2, 0) is 4.79 Å². The minimum absolute atomic E-state index is 0.0300. The number of thioether (sulfide) groups is 1. The molecule has 0 spiro atoms. The van der Waals surface area contributed by atoms with Crippen molar-refractivity contribution in [1.29, 1.82) is 0 Å². The van der Waals surface area contributed by atoms with E-state index in [9.17, 15) is 19.3 Å². The molecule has 3 aromatic rings. The van der Waals surface area contributed by atoms with Crippen molar-refractivity contribution < 1.29 is 18.8 Å². The van der Waals surface area contributed by atoms with Crippen molar-refractivity contribution in [3.8, 4) is 17.1 Å². The molecule has 11 heteroatoms. The zero-order valence-corrected chi connectivity index (χ0v) is 19.4. The van der Waals surface area contributed by atoms with E-state index in [1.165, 1.54) is 43.1 Å². The second-order valence-corrected chi connectivity index (χ2v) is 8.87. The zero-order chi connectivity index (χ0) is 24.1. The number of nitrogens with zero attached hydrogens (tertiary/aromatic N) is 4. The molecule has 0 aliphatic heterocycles. The first-order valence-electron chi connectivity index (χ1n) is 10.9. The summed E-state index contributed by atoms with van der Waals surface area (Å²) in [5.41, 5.74) is 0.581. The molecule has 34 heavy (non-hydrogen) atoms. The lowest BCUT2D eigenvalue weighted by molar-refractivity contribution is -0.384. The third-order valence-corrected chi connectivity index (χ3v) is 6.66. The van der Waals surface area contributed by atoms with Gasteiger partial charge in [0.25, 0.3) is 5.69 Å². The summed E-state index contributed by atoms with van der Waals surface area (Å²) >= 11 is 1.22. The van der Waals surface area contributed by atoms with Crippen LogP contribution in [0.25, 0.3) is 11.4 Å². The normalized spacial score (nSPS) is 14.1. The largest absolute Gasteiger partial charge is 0.494 e. The van der Waals surface area contributed by atoms with Crippen LogP contribution in [0.5, 0.6) is 5.75 Å². The van der Waals surface area contributed by atoms with E-state index >= 15 is 0 Å². The van der Waals surface area contributed by atoms with Crippen molar-refractivity contribution in [3.05, 3.63) is 58.4 Å². The molecule has 0 atom stereocenters. The van der Waals surface area contributed by atoms with Gasteiger partial charge >= 0.3 is 0 Å². The van der Waals surface area contributed by atoms with Crippen molar-refractivity contribution >= 4 is 29.0 Å². The van der Waals surface area contributed by atoms with E-state index < -0.39 is 4.92 Å². The molecule has 0 bridgehead atoms. The van der Waals surface area contributed by atoms with Crippen LogP contribution >= 0.6 is 11.8 Å². The molecule has 1 aliphatic rings. The predicted octanol–water partition coefficient (Wildman–Crippen LogP) is 5.24. The number of amides is 1. The number of rotatable bonds is 8. The lowest BCUT2D eigenvalue weighted by Crippen LogP contribution is -2.18. The van der Waals surface area contributed by atoms with Gasteiger partial charge in [-0.05, 0) is 31.0 Å². The first kappa shape index (κ1) is 23.7. The zero-order valence-electron chi connectivity index (χ0n) is 18.6. The van der Waals surface area contributed by atoms with Gasteiger partial charge in [0.2, 0.25) is 5.91 Å². The molecule has 1 fully saturated rings. The van der Waals surface area contributed by atoms with E-state index in [0.29, 0.717) is 22.2 Å². The van der Waals surface area contributed by atoms with E-state index in [1.807, 2.05) is 4.57 Å². The highest BCUT2D eigenvalue weighted by Gasteiger charge is 2.25. The summed E-state index contributed by atoms with van der Waals surface area (Å²) in [6.45, 7) is 0. The van der Waals surface area contributed by atoms with Gasteiger partial charge < -0.3 is 10.1 Å². The lowest BCUT2D eigenvalue weighted by Gasteiger charge is -2.25. The topological polar surface area (TPSA) is 112 Å². The predicted molar refractivity (Wildman–Crippen MR) is 127 cm³/mol.